The summed E-state index contributed by atoms with van der Waals surface area (Å²) in [6, 6.07) is 22.3. The fourth-order valence-corrected chi connectivity index (χ4v) is 3.66. The van der Waals surface area contributed by atoms with Gasteiger partial charge in [-0.1, -0.05) is 67.6 Å². The molecule has 25 heavy (non-hydrogen) atoms. The zero-order valence-electron chi connectivity index (χ0n) is 15.2. The highest BCUT2D eigenvalue weighted by Crippen LogP contribution is 2.23. The van der Waals surface area contributed by atoms with Crippen LogP contribution in [0.1, 0.15) is 24.5 Å². The average molecular weight is 381 g/mol. The third-order valence-electron chi connectivity index (χ3n) is 5.09. The predicted octanol–water partition coefficient (Wildman–Crippen LogP) is 4.87. The van der Waals surface area contributed by atoms with E-state index in [0.29, 0.717) is 6.04 Å². The second kappa shape index (κ2) is 10.8. The van der Waals surface area contributed by atoms with Gasteiger partial charge in [-0.2, -0.15) is 0 Å². The molecule has 0 unspecified atom stereocenters. The van der Waals surface area contributed by atoms with Gasteiger partial charge in [0.05, 0.1) is 0 Å². The second-order valence-electron chi connectivity index (χ2n) is 6.95. The summed E-state index contributed by atoms with van der Waals surface area (Å²) in [5.41, 5.74) is 2.83. The third-order valence-corrected chi connectivity index (χ3v) is 5.09. The first-order chi connectivity index (χ1) is 11.2. The summed E-state index contributed by atoms with van der Waals surface area (Å²) in [6.45, 7) is 6.90. The first kappa shape index (κ1) is 22.0. The van der Waals surface area contributed by atoms with Crippen molar-refractivity contribution in [3.63, 3.8) is 0 Å². The molecule has 1 heterocycles. The Labute approximate surface area is 165 Å². The molecule has 0 bridgehead atoms. The van der Waals surface area contributed by atoms with E-state index < -0.39 is 0 Å². The van der Waals surface area contributed by atoms with E-state index in [4.69, 9.17) is 0 Å². The van der Waals surface area contributed by atoms with Crippen molar-refractivity contribution in [1.29, 1.82) is 0 Å². The minimum absolute atomic E-state index is 0. The lowest BCUT2D eigenvalue weighted by atomic mass is 9.91. The normalized spacial score (nSPS) is 20.6. The van der Waals surface area contributed by atoms with Crippen LogP contribution in [-0.2, 0) is 13.1 Å². The Morgan fingerprint density at radius 1 is 0.920 bits per heavy atom. The molecule has 0 spiro atoms. The van der Waals surface area contributed by atoms with Gasteiger partial charge in [0.2, 0.25) is 0 Å². The molecule has 2 atom stereocenters. The maximum absolute atomic E-state index is 2.61. The fourth-order valence-electron chi connectivity index (χ4n) is 3.66. The Kier molecular flexibility index (Phi) is 9.52. The summed E-state index contributed by atoms with van der Waals surface area (Å²) >= 11 is 0. The van der Waals surface area contributed by atoms with Crippen molar-refractivity contribution in [2.45, 2.75) is 32.5 Å². The van der Waals surface area contributed by atoms with E-state index in [9.17, 15) is 0 Å². The minimum Gasteiger partial charge on any atom is -0.298 e. The Hall–Kier alpha value is -1.06. The number of likely N-dealkylation sites (N-methyl/N-ethyl adjacent to an activating group) is 1. The molecular weight excluding hydrogens is 351 g/mol. The molecule has 0 aromatic heterocycles. The van der Waals surface area contributed by atoms with Gasteiger partial charge in [-0.05, 0) is 37.1 Å². The molecule has 1 saturated heterocycles. The highest BCUT2D eigenvalue weighted by atomic mass is 35.5. The molecule has 138 valence electrons. The standard InChI is InChI=1S/C21H28N2.2ClH/c1-18-13-14-23(16-20-11-7-4-8-12-20)17-21(18)22(2)15-19-9-5-3-6-10-19;;/h3-12,18,21H,13-17H2,1-2H3;2*1H/t18-,21+;;/m1../s1. The van der Waals surface area contributed by atoms with Gasteiger partial charge in [-0.25, -0.2) is 0 Å². The van der Waals surface area contributed by atoms with E-state index in [1.165, 1.54) is 30.6 Å². The van der Waals surface area contributed by atoms with Crippen LogP contribution in [0.15, 0.2) is 60.7 Å². The quantitative estimate of drug-likeness (QED) is 0.729. The first-order valence-corrected chi connectivity index (χ1v) is 8.73. The minimum atomic E-state index is 0. The van der Waals surface area contributed by atoms with Gasteiger partial charge in [-0.3, -0.25) is 9.80 Å². The Balaban J connectivity index is 0.00000156. The fraction of sp³-hybridized carbons (Fsp3) is 0.429. The maximum Gasteiger partial charge on any atom is 0.0249 e. The number of rotatable bonds is 5. The van der Waals surface area contributed by atoms with Crippen LogP contribution in [0.4, 0.5) is 0 Å². The number of hydrogen-bond acceptors (Lipinski definition) is 2. The number of hydrogen-bond donors (Lipinski definition) is 0. The lowest BCUT2D eigenvalue weighted by Crippen LogP contribution is -2.50. The van der Waals surface area contributed by atoms with E-state index in [0.717, 1.165) is 19.0 Å². The second-order valence-corrected chi connectivity index (χ2v) is 6.95. The lowest BCUT2D eigenvalue weighted by molar-refractivity contribution is 0.0671. The van der Waals surface area contributed by atoms with Crippen molar-refractivity contribution >= 4 is 24.8 Å². The topological polar surface area (TPSA) is 6.48 Å². The summed E-state index contributed by atoms with van der Waals surface area (Å²) in [5, 5.41) is 0. The highest BCUT2D eigenvalue weighted by Gasteiger charge is 2.29. The molecule has 0 radical (unpaired) electrons. The summed E-state index contributed by atoms with van der Waals surface area (Å²) < 4.78 is 0. The van der Waals surface area contributed by atoms with Crippen LogP contribution in [0.25, 0.3) is 0 Å². The van der Waals surface area contributed by atoms with Crippen molar-refractivity contribution in [2.75, 3.05) is 20.1 Å². The van der Waals surface area contributed by atoms with Crippen LogP contribution >= 0.6 is 24.8 Å². The number of benzene rings is 2. The molecule has 2 aromatic carbocycles. The van der Waals surface area contributed by atoms with Gasteiger partial charge in [0, 0.05) is 25.7 Å². The zero-order chi connectivity index (χ0) is 16.1. The Morgan fingerprint density at radius 2 is 1.48 bits per heavy atom. The molecule has 3 rings (SSSR count). The van der Waals surface area contributed by atoms with E-state index in [-0.39, 0.29) is 24.8 Å². The summed E-state index contributed by atoms with van der Waals surface area (Å²) in [4.78, 5) is 5.15. The largest absolute Gasteiger partial charge is 0.298 e. The SMILES string of the molecule is C[C@@H]1CCN(Cc2ccccc2)C[C@@H]1N(C)Cc1ccccc1.Cl.Cl. The van der Waals surface area contributed by atoms with E-state index >= 15 is 0 Å². The van der Waals surface area contributed by atoms with Crippen molar-refractivity contribution < 1.29 is 0 Å². The van der Waals surface area contributed by atoms with Gasteiger partial charge < -0.3 is 0 Å². The van der Waals surface area contributed by atoms with Crippen LogP contribution in [0.2, 0.25) is 0 Å². The van der Waals surface area contributed by atoms with Crippen molar-refractivity contribution in [3.8, 4) is 0 Å². The van der Waals surface area contributed by atoms with Crippen LogP contribution in [0.5, 0.6) is 0 Å². The zero-order valence-corrected chi connectivity index (χ0v) is 16.8. The number of likely N-dealkylation sites (tertiary alicyclic amines) is 1. The molecule has 0 aliphatic carbocycles. The highest BCUT2D eigenvalue weighted by molar-refractivity contribution is 5.85. The van der Waals surface area contributed by atoms with E-state index in [2.05, 4.69) is 84.4 Å². The van der Waals surface area contributed by atoms with Gasteiger partial charge in [0.25, 0.3) is 0 Å². The van der Waals surface area contributed by atoms with E-state index in [1.807, 2.05) is 0 Å². The molecule has 2 nitrogen and oxygen atoms in total. The van der Waals surface area contributed by atoms with Crippen LogP contribution in [-0.4, -0.2) is 36.0 Å². The van der Waals surface area contributed by atoms with Crippen molar-refractivity contribution in [3.05, 3.63) is 71.8 Å². The van der Waals surface area contributed by atoms with Crippen molar-refractivity contribution in [1.82, 2.24) is 9.80 Å². The van der Waals surface area contributed by atoms with Gasteiger partial charge in [0.1, 0.15) is 0 Å². The summed E-state index contributed by atoms with van der Waals surface area (Å²) in [7, 11) is 2.28. The summed E-state index contributed by atoms with van der Waals surface area (Å²) in [5.74, 6) is 0.760. The van der Waals surface area contributed by atoms with Gasteiger partial charge in [-0.15, -0.1) is 24.8 Å². The molecule has 1 fully saturated rings. The van der Waals surface area contributed by atoms with Crippen LogP contribution in [0.3, 0.4) is 0 Å². The number of piperidine rings is 1. The first-order valence-electron chi connectivity index (χ1n) is 8.73. The van der Waals surface area contributed by atoms with Crippen molar-refractivity contribution in [2.24, 2.45) is 5.92 Å². The summed E-state index contributed by atoms with van der Waals surface area (Å²) in [6.07, 6.45) is 1.29. The van der Waals surface area contributed by atoms with E-state index in [1.54, 1.807) is 0 Å². The molecule has 1 aliphatic rings. The van der Waals surface area contributed by atoms with Gasteiger partial charge >= 0.3 is 0 Å². The number of nitrogens with zero attached hydrogens (tertiary/aromatic N) is 2. The van der Waals surface area contributed by atoms with Crippen LogP contribution < -0.4 is 0 Å². The molecule has 4 heteroatoms. The maximum atomic E-state index is 2.61. The Morgan fingerprint density at radius 3 is 2.08 bits per heavy atom. The third kappa shape index (κ3) is 6.31. The predicted molar refractivity (Wildman–Crippen MR) is 112 cm³/mol. The van der Waals surface area contributed by atoms with Crippen LogP contribution in [0, 0.1) is 5.92 Å². The average Bonchev–Trinajstić information content (AvgIpc) is 2.58. The molecule has 2 aromatic rings. The molecular formula is C21H30Cl2N2. The Bertz CT molecular complexity index is 591. The monoisotopic (exact) mass is 380 g/mol. The van der Waals surface area contributed by atoms with Gasteiger partial charge in [0.15, 0.2) is 0 Å². The smallest absolute Gasteiger partial charge is 0.0249 e. The lowest BCUT2D eigenvalue weighted by Gasteiger charge is -2.42. The molecule has 0 amide bonds. The molecule has 0 N–H and O–H groups in total. The molecule has 1 aliphatic heterocycles. The molecule has 0 saturated carbocycles. The number of halogens is 2.